The van der Waals surface area contributed by atoms with Crippen molar-refractivity contribution >= 4 is 11.8 Å². The highest BCUT2D eigenvalue weighted by molar-refractivity contribution is 5.84. The van der Waals surface area contributed by atoms with Crippen LogP contribution in [0.3, 0.4) is 0 Å². The molecule has 0 bridgehead atoms. The molecule has 0 unspecified atom stereocenters. The average molecular weight is 344 g/mol. The first kappa shape index (κ1) is 17.3. The van der Waals surface area contributed by atoms with Gasteiger partial charge < -0.3 is 14.2 Å². The van der Waals surface area contributed by atoms with E-state index in [-0.39, 0.29) is 23.8 Å². The number of furan rings is 1. The van der Waals surface area contributed by atoms with Gasteiger partial charge in [-0.15, -0.1) is 0 Å². The van der Waals surface area contributed by atoms with Crippen molar-refractivity contribution in [2.45, 2.75) is 32.4 Å². The molecule has 1 aliphatic rings. The van der Waals surface area contributed by atoms with Crippen molar-refractivity contribution in [3.05, 3.63) is 42.1 Å². The Balaban J connectivity index is 1.87. The van der Waals surface area contributed by atoms with E-state index >= 15 is 0 Å². The summed E-state index contributed by atoms with van der Waals surface area (Å²) in [4.78, 5) is 29.0. The minimum Gasteiger partial charge on any atom is -0.467 e. The molecule has 2 amide bonds. The molecule has 3 heterocycles. The molecule has 2 aromatic heterocycles. The summed E-state index contributed by atoms with van der Waals surface area (Å²) in [5.74, 6) is 0.570. The number of hydrogen-bond acceptors (Lipinski definition) is 4. The number of piperidine rings is 1. The molecule has 0 radical (unpaired) electrons. The molecule has 3 rings (SSSR count). The lowest BCUT2D eigenvalue weighted by molar-refractivity contribution is -0.147. The fraction of sp³-hybridized carbons (Fsp3) is 0.500. The van der Waals surface area contributed by atoms with Crippen LogP contribution >= 0.6 is 0 Å². The second-order valence-corrected chi connectivity index (χ2v) is 6.42. The van der Waals surface area contributed by atoms with Crippen LogP contribution in [0.2, 0.25) is 0 Å². The van der Waals surface area contributed by atoms with Gasteiger partial charge in [-0.1, -0.05) is 0 Å². The molecular weight excluding hydrogens is 320 g/mol. The number of nitrogens with zero attached hydrogens (tertiary/aromatic N) is 4. The van der Waals surface area contributed by atoms with E-state index in [9.17, 15) is 9.59 Å². The van der Waals surface area contributed by atoms with Crippen molar-refractivity contribution < 1.29 is 14.0 Å². The van der Waals surface area contributed by atoms with Gasteiger partial charge in [0.1, 0.15) is 5.76 Å². The van der Waals surface area contributed by atoms with Crippen molar-refractivity contribution in [3.63, 3.8) is 0 Å². The van der Waals surface area contributed by atoms with Gasteiger partial charge in [0, 0.05) is 33.3 Å². The molecule has 0 N–H and O–H groups in total. The standard InChI is InChI=1S/C18H24N4O3/c1-4-22-16(23)8-7-14(17(22)15-9-10-19-21(15)3)18(24)20(2)12-13-6-5-11-25-13/h5-6,9-11,14,17H,4,7-8,12H2,1-3H3/t14-,17-/m0/s1. The maximum Gasteiger partial charge on any atom is 0.228 e. The highest BCUT2D eigenvalue weighted by Gasteiger charge is 2.42. The van der Waals surface area contributed by atoms with Crippen LogP contribution in [-0.4, -0.2) is 45.0 Å². The summed E-state index contributed by atoms with van der Waals surface area (Å²) in [5, 5.41) is 4.22. The third-order valence-electron chi connectivity index (χ3n) is 4.88. The second-order valence-electron chi connectivity index (χ2n) is 6.42. The minimum atomic E-state index is -0.287. The van der Waals surface area contributed by atoms with Crippen LogP contribution < -0.4 is 0 Å². The van der Waals surface area contributed by atoms with Gasteiger partial charge in [0.15, 0.2) is 0 Å². The van der Waals surface area contributed by atoms with Crippen LogP contribution in [-0.2, 0) is 23.2 Å². The lowest BCUT2D eigenvalue weighted by Crippen LogP contribution is -2.48. The van der Waals surface area contributed by atoms with E-state index in [1.54, 1.807) is 34.0 Å². The molecule has 7 heteroatoms. The van der Waals surface area contributed by atoms with E-state index in [2.05, 4.69) is 5.10 Å². The predicted molar refractivity (Wildman–Crippen MR) is 91.2 cm³/mol. The van der Waals surface area contributed by atoms with Crippen LogP contribution in [0, 0.1) is 5.92 Å². The van der Waals surface area contributed by atoms with E-state index in [1.807, 2.05) is 32.2 Å². The molecule has 0 saturated carbocycles. The minimum absolute atomic E-state index is 0.0218. The van der Waals surface area contributed by atoms with Gasteiger partial charge >= 0.3 is 0 Å². The Hall–Kier alpha value is -2.57. The summed E-state index contributed by atoms with van der Waals surface area (Å²) in [7, 11) is 3.62. The first-order chi connectivity index (χ1) is 12.0. The highest BCUT2D eigenvalue weighted by Crippen LogP contribution is 2.37. The van der Waals surface area contributed by atoms with Crippen molar-refractivity contribution in [1.82, 2.24) is 19.6 Å². The van der Waals surface area contributed by atoms with Crippen LogP contribution in [0.15, 0.2) is 35.1 Å². The summed E-state index contributed by atoms with van der Waals surface area (Å²) < 4.78 is 7.10. The normalized spacial score (nSPS) is 20.8. The van der Waals surface area contributed by atoms with E-state index in [0.29, 0.717) is 25.9 Å². The zero-order valence-electron chi connectivity index (χ0n) is 14.9. The predicted octanol–water partition coefficient (Wildman–Crippen LogP) is 1.97. The topological polar surface area (TPSA) is 71.6 Å². The first-order valence-corrected chi connectivity index (χ1v) is 8.57. The molecule has 134 valence electrons. The Morgan fingerprint density at radius 1 is 1.44 bits per heavy atom. The number of rotatable bonds is 5. The van der Waals surface area contributed by atoms with E-state index < -0.39 is 0 Å². The summed E-state index contributed by atoms with van der Waals surface area (Å²) in [6, 6.07) is 5.26. The summed E-state index contributed by atoms with van der Waals surface area (Å²) in [5.41, 5.74) is 0.889. The zero-order valence-corrected chi connectivity index (χ0v) is 14.9. The van der Waals surface area contributed by atoms with Crippen molar-refractivity contribution in [2.24, 2.45) is 13.0 Å². The van der Waals surface area contributed by atoms with Crippen molar-refractivity contribution in [3.8, 4) is 0 Å². The molecule has 0 aromatic carbocycles. The molecular formula is C18H24N4O3. The Morgan fingerprint density at radius 2 is 2.24 bits per heavy atom. The number of likely N-dealkylation sites (tertiary alicyclic amines) is 1. The quantitative estimate of drug-likeness (QED) is 0.831. The molecule has 0 spiro atoms. The lowest BCUT2D eigenvalue weighted by Gasteiger charge is -2.41. The molecule has 2 atom stereocenters. The maximum absolute atomic E-state index is 13.1. The Kier molecular flexibility index (Phi) is 4.92. The largest absolute Gasteiger partial charge is 0.467 e. The number of hydrogen-bond donors (Lipinski definition) is 0. The number of aryl methyl sites for hydroxylation is 1. The fourth-order valence-electron chi connectivity index (χ4n) is 3.62. The second kappa shape index (κ2) is 7.13. The van der Waals surface area contributed by atoms with Gasteiger partial charge in [0.2, 0.25) is 11.8 Å². The maximum atomic E-state index is 13.1. The SMILES string of the molecule is CCN1C(=O)CC[C@H](C(=O)N(C)Cc2ccco2)[C@H]1c1ccnn1C. The van der Waals surface area contributed by atoms with Gasteiger partial charge in [-0.25, -0.2) is 0 Å². The smallest absolute Gasteiger partial charge is 0.228 e. The molecule has 25 heavy (non-hydrogen) atoms. The molecule has 0 aliphatic carbocycles. The fourth-order valence-corrected chi connectivity index (χ4v) is 3.62. The molecule has 2 aromatic rings. The van der Waals surface area contributed by atoms with Crippen molar-refractivity contribution in [2.75, 3.05) is 13.6 Å². The van der Waals surface area contributed by atoms with Gasteiger partial charge in [-0.3, -0.25) is 14.3 Å². The van der Waals surface area contributed by atoms with Crippen LogP contribution in [0.5, 0.6) is 0 Å². The number of amides is 2. The van der Waals surface area contributed by atoms with E-state index in [4.69, 9.17) is 4.42 Å². The summed E-state index contributed by atoms with van der Waals surface area (Å²) >= 11 is 0. The van der Waals surface area contributed by atoms with E-state index in [1.165, 1.54) is 0 Å². The average Bonchev–Trinajstić information content (AvgIpc) is 3.25. The Labute approximate surface area is 147 Å². The number of carbonyl (C=O) groups is 2. The monoisotopic (exact) mass is 344 g/mol. The lowest BCUT2D eigenvalue weighted by atomic mass is 9.85. The Morgan fingerprint density at radius 3 is 2.84 bits per heavy atom. The van der Waals surface area contributed by atoms with E-state index in [0.717, 1.165) is 11.5 Å². The first-order valence-electron chi connectivity index (χ1n) is 8.57. The Bertz CT molecular complexity index is 737. The third-order valence-corrected chi connectivity index (χ3v) is 4.88. The summed E-state index contributed by atoms with van der Waals surface area (Å²) in [6.45, 7) is 2.93. The molecule has 1 fully saturated rings. The molecule has 1 saturated heterocycles. The third kappa shape index (κ3) is 3.31. The van der Waals surface area contributed by atoms with Crippen LogP contribution in [0.25, 0.3) is 0 Å². The number of aromatic nitrogens is 2. The molecule has 1 aliphatic heterocycles. The highest BCUT2D eigenvalue weighted by atomic mass is 16.3. The van der Waals surface area contributed by atoms with Crippen LogP contribution in [0.1, 0.15) is 37.3 Å². The van der Waals surface area contributed by atoms with Crippen LogP contribution in [0.4, 0.5) is 0 Å². The number of carbonyl (C=O) groups excluding carboxylic acids is 2. The van der Waals surface area contributed by atoms with Crippen molar-refractivity contribution in [1.29, 1.82) is 0 Å². The summed E-state index contributed by atoms with van der Waals surface area (Å²) in [6.07, 6.45) is 4.25. The van der Waals surface area contributed by atoms with Gasteiger partial charge in [0.05, 0.1) is 30.5 Å². The zero-order chi connectivity index (χ0) is 18.0. The molecule has 7 nitrogen and oxygen atoms in total. The van der Waals surface area contributed by atoms with Gasteiger partial charge in [-0.2, -0.15) is 5.10 Å². The van der Waals surface area contributed by atoms with Gasteiger partial charge in [0.25, 0.3) is 0 Å². The van der Waals surface area contributed by atoms with Gasteiger partial charge in [-0.05, 0) is 31.5 Å².